The average Bonchev–Trinajstić information content (AvgIpc) is 2.52. The number of fused-ring (bicyclic) bond motifs is 1. The fourth-order valence-corrected chi connectivity index (χ4v) is 2.48. The van der Waals surface area contributed by atoms with Crippen molar-refractivity contribution in [3.8, 4) is 11.8 Å². The highest BCUT2D eigenvalue weighted by molar-refractivity contribution is 5.96. The van der Waals surface area contributed by atoms with Crippen molar-refractivity contribution >= 4 is 5.91 Å². The molecule has 0 unspecified atom stereocenters. The van der Waals surface area contributed by atoms with Crippen LogP contribution in [0, 0.1) is 11.8 Å². The van der Waals surface area contributed by atoms with Gasteiger partial charge in [0.2, 0.25) is 0 Å². The molecule has 0 spiro atoms. The van der Waals surface area contributed by atoms with Gasteiger partial charge in [0, 0.05) is 23.2 Å². The zero-order valence-corrected chi connectivity index (χ0v) is 12.0. The number of rotatable bonds is 0. The van der Waals surface area contributed by atoms with Gasteiger partial charge < -0.3 is 5.32 Å². The Labute approximate surface area is 131 Å². The van der Waals surface area contributed by atoms with E-state index in [1.807, 2.05) is 0 Å². The lowest BCUT2D eigenvalue weighted by atomic mass is 9.98. The Morgan fingerprint density at radius 3 is 2.61 bits per heavy atom. The van der Waals surface area contributed by atoms with E-state index in [4.69, 9.17) is 0 Å². The summed E-state index contributed by atoms with van der Waals surface area (Å²) in [5.41, 5.74) is 1.25. The quantitative estimate of drug-likeness (QED) is 0.742. The summed E-state index contributed by atoms with van der Waals surface area (Å²) in [5.74, 6) is 5.21. The topological polar surface area (TPSA) is 29.1 Å². The Hall–Kier alpha value is -2.74. The van der Waals surface area contributed by atoms with Crippen LogP contribution in [0.2, 0.25) is 0 Å². The zero-order valence-electron chi connectivity index (χ0n) is 12.0. The number of benzene rings is 2. The predicted octanol–water partition coefficient (Wildman–Crippen LogP) is 3.39. The van der Waals surface area contributed by atoms with E-state index < -0.39 is 11.7 Å². The third kappa shape index (κ3) is 3.21. The van der Waals surface area contributed by atoms with Gasteiger partial charge in [-0.2, -0.15) is 13.2 Å². The van der Waals surface area contributed by atoms with Gasteiger partial charge in [-0.05, 0) is 42.3 Å². The summed E-state index contributed by atoms with van der Waals surface area (Å²) in [6, 6.07) is 10.3. The lowest BCUT2D eigenvalue weighted by Crippen LogP contribution is -2.31. The maximum absolute atomic E-state index is 12.9. The van der Waals surface area contributed by atoms with E-state index in [2.05, 4.69) is 17.2 Å². The predicted molar refractivity (Wildman–Crippen MR) is 79.9 cm³/mol. The van der Waals surface area contributed by atoms with E-state index in [9.17, 15) is 18.0 Å². The summed E-state index contributed by atoms with van der Waals surface area (Å²) in [6.45, 7) is 0.555. The lowest BCUT2D eigenvalue weighted by Gasteiger charge is -2.16. The molecule has 0 radical (unpaired) electrons. The molecule has 1 amide bonds. The summed E-state index contributed by atoms with van der Waals surface area (Å²) in [4.78, 5) is 11.7. The highest BCUT2D eigenvalue weighted by Crippen LogP contribution is 2.31. The van der Waals surface area contributed by atoms with Crippen LogP contribution >= 0.6 is 0 Å². The van der Waals surface area contributed by atoms with Crippen molar-refractivity contribution < 1.29 is 18.0 Å². The Bertz CT molecular complexity index is 828. The Morgan fingerprint density at radius 2 is 1.83 bits per heavy atom. The van der Waals surface area contributed by atoms with E-state index in [1.165, 1.54) is 18.2 Å². The highest BCUT2D eigenvalue weighted by Gasteiger charge is 2.32. The first-order chi connectivity index (χ1) is 10.9. The van der Waals surface area contributed by atoms with Crippen molar-refractivity contribution in [3.63, 3.8) is 0 Å². The molecule has 116 valence electrons. The SMILES string of the molecule is O=C1NCCc2cc(C#Cc3ccccc3C(F)(F)F)ccc21. The van der Waals surface area contributed by atoms with Crippen LogP contribution in [-0.2, 0) is 12.6 Å². The Kier molecular flexibility index (Phi) is 3.83. The largest absolute Gasteiger partial charge is 0.417 e. The average molecular weight is 315 g/mol. The number of carbonyl (C=O) groups excluding carboxylic acids is 1. The van der Waals surface area contributed by atoms with Crippen LogP contribution in [0.3, 0.4) is 0 Å². The molecule has 0 saturated carbocycles. The minimum absolute atomic E-state index is 0.0598. The van der Waals surface area contributed by atoms with E-state index in [0.717, 1.165) is 11.6 Å². The van der Waals surface area contributed by atoms with Gasteiger partial charge in [0.15, 0.2) is 0 Å². The molecule has 0 bridgehead atoms. The molecule has 2 nitrogen and oxygen atoms in total. The summed E-state index contributed by atoms with van der Waals surface area (Å²) < 4.78 is 38.8. The van der Waals surface area contributed by atoms with Crippen LogP contribution in [0.5, 0.6) is 0 Å². The maximum Gasteiger partial charge on any atom is 0.417 e. The summed E-state index contributed by atoms with van der Waals surface area (Å²) >= 11 is 0. The number of nitrogens with one attached hydrogen (secondary N) is 1. The van der Waals surface area contributed by atoms with Crippen molar-refractivity contribution in [2.75, 3.05) is 6.54 Å². The second-order valence-corrected chi connectivity index (χ2v) is 5.17. The molecule has 0 atom stereocenters. The van der Waals surface area contributed by atoms with E-state index >= 15 is 0 Å². The number of hydrogen-bond acceptors (Lipinski definition) is 1. The Balaban J connectivity index is 1.96. The van der Waals surface area contributed by atoms with Gasteiger partial charge in [0.25, 0.3) is 5.91 Å². The van der Waals surface area contributed by atoms with Gasteiger partial charge in [-0.25, -0.2) is 0 Å². The Morgan fingerprint density at radius 1 is 1.04 bits per heavy atom. The zero-order chi connectivity index (χ0) is 16.4. The fraction of sp³-hybridized carbons (Fsp3) is 0.167. The third-order valence-electron chi connectivity index (χ3n) is 3.60. The van der Waals surface area contributed by atoms with Crippen molar-refractivity contribution in [2.24, 2.45) is 0 Å². The van der Waals surface area contributed by atoms with Crippen LogP contribution < -0.4 is 5.32 Å². The molecule has 2 aromatic carbocycles. The molecule has 0 saturated heterocycles. The van der Waals surface area contributed by atoms with E-state index in [1.54, 1.807) is 18.2 Å². The summed E-state index contributed by atoms with van der Waals surface area (Å²) in [5, 5.41) is 2.74. The van der Waals surface area contributed by atoms with Crippen LogP contribution in [0.4, 0.5) is 13.2 Å². The fourth-order valence-electron chi connectivity index (χ4n) is 2.48. The molecule has 0 aromatic heterocycles. The molecule has 23 heavy (non-hydrogen) atoms. The van der Waals surface area contributed by atoms with Crippen molar-refractivity contribution in [2.45, 2.75) is 12.6 Å². The molecule has 0 aliphatic carbocycles. The van der Waals surface area contributed by atoms with Gasteiger partial charge >= 0.3 is 6.18 Å². The highest BCUT2D eigenvalue weighted by atomic mass is 19.4. The van der Waals surface area contributed by atoms with Gasteiger partial charge in [0.1, 0.15) is 0 Å². The second-order valence-electron chi connectivity index (χ2n) is 5.17. The van der Waals surface area contributed by atoms with Crippen molar-refractivity contribution in [1.29, 1.82) is 0 Å². The summed E-state index contributed by atoms with van der Waals surface area (Å²) in [6.07, 6.45) is -3.74. The van der Waals surface area contributed by atoms with E-state index in [-0.39, 0.29) is 11.5 Å². The molecule has 1 aliphatic heterocycles. The molecule has 1 heterocycles. The molecule has 3 rings (SSSR count). The van der Waals surface area contributed by atoms with Crippen molar-refractivity contribution in [3.05, 3.63) is 70.3 Å². The van der Waals surface area contributed by atoms with Crippen LogP contribution in [0.25, 0.3) is 0 Å². The molecule has 0 fully saturated rings. The van der Waals surface area contributed by atoms with Gasteiger partial charge in [-0.3, -0.25) is 4.79 Å². The normalized spacial score (nSPS) is 13.6. The lowest BCUT2D eigenvalue weighted by molar-refractivity contribution is -0.137. The second kappa shape index (κ2) is 5.81. The van der Waals surface area contributed by atoms with Crippen LogP contribution in [0.15, 0.2) is 42.5 Å². The molecule has 1 aliphatic rings. The maximum atomic E-state index is 12.9. The molecular formula is C18H12F3NO. The van der Waals surface area contributed by atoms with Gasteiger partial charge in [0.05, 0.1) is 5.56 Å². The smallest absolute Gasteiger partial charge is 0.352 e. The number of carbonyl (C=O) groups is 1. The van der Waals surface area contributed by atoms with Gasteiger partial charge in [-0.15, -0.1) is 0 Å². The first-order valence-electron chi connectivity index (χ1n) is 7.04. The molecule has 5 heteroatoms. The van der Waals surface area contributed by atoms with Crippen molar-refractivity contribution in [1.82, 2.24) is 5.32 Å². The standard InChI is InChI=1S/C18H12F3NO/c19-18(20,21)16-4-2-1-3-13(16)7-5-12-6-8-15-14(11-12)9-10-22-17(15)23/h1-4,6,8,11H,9-10H2,(H,22,23). The molecule has 1 N–H and O–H groups in total. The minimum atomic E-state index is -4.43. The number of hydrogen-bond donors (Lipinski definition) is 1. The molecular weight excluding hydrogens is 303 g/mol. The van der Waals surface area contributed by atoms with Gasteiger partial charge in [-0.1, -0.05) is 24.0 Å². The number of alkyl halides is 3. The minimum Gasteiger partial charge on any atom is -0.352 e. The number of halogens is 3. The number of amides is 1. The summed E-state index contributed by atoms with van der Waals surface area (Å²) in [7, 11) is 0. The monoisotopic (exact) mass is 315 g/mol. The molecule has 2 aromatic rings. The van der Waals surface area contributed by atoms with Crippen LogP contribution in [-0.4, -0.2) is 12.5 Å². The first kappa shape index (κ1) is 15.2. The third-order valence-corrected chi connectivity index (χ3v) is 3.60. The van der Waals surface area contributed by atoms with Crippen LogP contribution in [0.1, 0.15) is 32.6 Å². The van der Waals surface area contributed by atoms with E-state index in [0.29, 0.717) is 24.1 Å². The first-order valence-corrected chi connectivity index (χ1v) is 7.04.